The molecule has 6 nitrogen and oxygen atoms in total. The smallest absolute Gasteiger partial charge is 0.238 e. The number of nitrogens with zero attached hydrogens (tertiary/aromatic N) is 2. The number of carbonyl (C=O) groups is 1. The van der Waals surface area contributed by atoms with E-state index in [4.69, 9.17) is 9.73 Å². The van der Waals surface area contributed by atoms with Crippen LogP contribution < -0.4 is 5.32 Å². The number of benzene rings is 1. The highest BCUT2D eigenvalue weighted by Crippen LogP contribution is 2.14. The van der Waals surface area contributed by atoms with Crippen molar-refractivity contribution in [1.82, 2.24) is 10.2 Å². The third-order valence-corrected chi connectivity index (χ3v) is 4.75. The third kappa shape index (κ3) is 11.1. The van der Waals surface area contributed by atoms with Crippen molar-refractivity contribution < 1.29 is 14.6 Å². The molecule has 0 aliphatic carbocycles. The first-order valence-corrected chi connectivity index (χ1v) is 11.2. The summed E-state index contributed by atoms with van der Waals surface area (Å²) >= 11 is 0. The molecule has 0 aliphatic heterocycles. The molecule has 1 atom stereocenters. The van der Waals surface area contributed by atoms with E-state index in [-0.39, 0.29) is 6.61 Å². The van der Waals surface area contributed by atoms with Crippen molar-refractivity contribution in [1.29, 1.82) is 0 Å². The fraction of sp³-hybridized carbons (Fsp3) is 0.583. The molecule has 1 unspecified atom stereocenters. The summed E-state index contributed by atoms with van der Waals surface area (Å²) in [5.74, 6) is 0.582. The van der Waals surface area contributed by atoms with Crippen LogP contribution in [0.5, 0.6) is 0 Å². The Kier molecular flexibility index (Phi) is 14.3. The molecular weight excluding hydrogens is 378 g/mol. The number of carbonyl (C=O) groups excluding carboxylic acids is 1. The van der Waals surface area contributed by atoms with Crippen molar-refractivity contribution in [2.24, 2.45) is 4.99 Å². The average molecular weight is 418 g/mol. The van der Waals surface area contributed by atoms with E-state index in [9.17, 15) is 9.90 Å². The van der Waals surface area contributed by atoms with E-state index < -0.39 is 6.41 Å². The van der Waals surface area contributed by atoms with E-state index in [1.165, 1.54) is 38.5 Å². The zero-order valence-corrected chi connectivity index (χ0v) is 18.7. The minimum absolute atomic E-state index is 0.239. The van der Waals surface area contributed by atoms with Crippen molar-refractivity contribution in [3.05, 3.63) is 42.5 Å². The van der Waals surface area contributed by atoms with Gasteiger partial charge in [0.05, 0.1) is 12.3 Å². The molecule has 0 fully saturated rings. The lowest BCUT2D eigenvalue weighted by Gasteiger charge is -2.28. The number of rotatable bonds is 16. The molecule has 0 aliphatic rings. The molecule has 168 valence electrons. The second kappa shape index (κ2) is 16.6. The number of aliphatic hydroxyl groups is 1. The zero-order chi connectivity index (χ0) is 22.0. The number of aliphatic imine (C=N–C) groups is 1. The van der Waals surface area contributed by atoms with Gasteiger partial charge >= 0.3 is 0 Å². The van der Waals surface area contributed by atoms with E-state index in [0.29, 0.717) is 17.2 Å². The van der Waals surface area contributed by atoms with Gasteiger partial charge in [0.25, 0.3) is 0 Å². The van der Waals surface area contributed by atoms with E-state index in [0.717, 1.165) is 32.2 Å². The van der Waals surface area contributed by atoms with Crippen LogP contribution in [0.15, 0.2) is 41.9 Å². The van der Waals surface area contributed by atoms with Crippen LogP contribution in [0, 0.1) is 0 Å². The van der Waals surface area contributed by atoms with Crippen molar-refractivity contribution >= 4 is 17.9 Å². The summed E-state index contributed by atoms with van der Waals surface area (Å²) in [5, 5.41) is 13.2. The van der Waals surface area contributed by atoms with Gasteiger partial charge in [-0.15, -0.1) is 6.58 Å². The number of hydrogen-bond acceptors (Lipinski definition) is 4. The lowest BCUT2D eigenvalue weighted by molar-refractivity contribution is -0.0997. The SMILES string of the molecule is C=CCOC(O)N/C(=N/c1ccc(C=O)cc1)N(CCCCCC)CCCCCC. The Hall–Kier alpha value is -2.18. The fourth-order valence-corrected chi connectivity index (χ4v) is 3.04. The van der Waals surface area contributed by atoms with Crippen LogP contribution in [0.1, 0.15) is 75.6 Å². The van der Waals surface area contributed by atoms with Gasteiger partial charge in [0.2, 0.25) is 12.4 Å². The molecule has 0 aromatic heterocycles. The third-order valence-electron chi connectivity index (χ3n) is 4.75. The number of aliphatic hydroxyl groups excluding tert-OH is 1. The molecule has 0 heterocycles. The molecule has 0 saturated carbocycles. The van der Waals surface area contributed by atoms with Crippen LogP contribution >= 0.6 is 0 Å². The first-order valence-electron chi connectivity index (χ1n) is 11.2. The van der Waals surface area contributed by atoms with Gasteiger partial charge in [-0.2, -0.15) is 0 Å². The normalized spacial score (nSPS) is 12.4. The minimum Gasteiger partial charge on any atom is -0.351 e. The summed E-state index contributed by atoms with van der Waals surface area (Å²) < 4.78 is 5.30. The lowest BCUT2D eigenvalue weighted by atomic mass is 10.1. The highest BCUT2D eigenvalue weighted by Gasteiger charge is 2.15. The van der Waals surface area contributed by atoms with Gasteiger partial charge in [0, 0.05) is 18.7 Å². The Bertz CT molecular complexity index is 605. The highest BCUT2D eigenvalue weighted by atomic mass is 16.6. The molecule has 0 radical (unpaired) electrons. The van der Waals surface area contributed by atoms with Crippen LogP contribution in [0.4, 0.5) is 5.69 Å². The molecule has 2 N–H and O–H groups in total. The Balaban J connectivity index is 3.01. The predicted octanol–water partition coefficient (Wildman–Crippen LogP) is 5.02. The first-order chi connectivity index (χ1) is 14.6. The quantitative estimate of drug-likeness (QED) is 0.0987. The number of nitrogens with one attached hydrogen (secondary N) is 1. The maximum absolute atomic E-state index is 10.9. The standard InChI is InChI=1S/C24H39N3O3/c1-4-7-9-11-17-27(18-12-10-8-5-2)23(26-24(29)30-19-6-3)25-22-15-13-21(20-28)14-16-22/h6,13-16,20,24,29H,3-5,7-12,17-19H2,1-2H3,(H,25,26). The lowest BCUT2D eigenvalue weighted by Crippen LogP contribution is -2.47. The average Bonchev–Trinajstić information content (AvgIpc) is 2.76. The summed E-state index contributed by atoms with van der Waals surface area (Å²) in [4.78, 5) is 17.8. The van der Waals surface area contributed by atoms with Gasteiger partial charge in [-0.25, -0.2) is 4.99 Å². The van der Waals surface area contributed by atoms with E-state index in [1.54, 1.807) is 30.3 Å². The van der Waals surface area contributed by atoms with Gasteiger partial charge in [-0.1, -0.05) is 58.4 Å². The summed E-state index contributed by atoms with van der Waals surface area (Å²) in [6.45, 7) is 9.98. The van der Waals surface area contributed by atoms with Crippen molar-refractivity contribution in [2.75, 3.05) is 19.7 Å². The number of aldehydes is 1. The fourth-order valence-electron chi connectivity index (χ4n) is 3.04. The Labute approximate surface area is 182 Å². The first kappa shape index (κ1) is 25.9. The van der Waals surface area contributed by atoms with Crippen LogP contribution in [0.2, 0.25) is 0 Å². The topological polar surface area (TPSA) is 74.2 Å². The Morgan fingerprint density at radius 2 is 1.70 bits per heavy atom. The summed E-state index contributed by atoms with van der Waals surface area (Å²) in [7, 11) is 0. The number of ether oxygens (including phenoxy) is 1. The molecule has 30 heavy (non-hydrogen) atoms. The molecule has 1 rings (SSSR count). The van der Waals surface area contributed by atoms with Crippen molar-refractivity contribution in [2.45, 2.75) is 71.6 Å². The molecule has 6 heteroatoms. The molecule has 1 aromatic carbocycles. The number of hydrogen-bond donors (Lipinski definition) is 2. The van der Waals surface area contributed by atoms with Gasteiger partial charge in [0.1, 0.15) is 6.29 Å². The molecule has 0 spiro atoms. The van der Waals surface area contributed by atoms with E-state index in [2.05, 4.69) is 30.6 Å². The van der Waals surface area contributed by atoms with Crippen molar-refractivity contribution in [3.63, 3.8) is 0 Å². The summed E-state index contributed by atoms with van der Waals surface area (Å²) in [5.41, 5.74) is 1.32. The largest absolute Gasteiger partial charge is 0.351 e. The second-order valence-corrected chi connectivity index (χ2v) is 7.37. The second-order valence-electron chi connectivity index (χ2n) is 7.37. The van der Waals surface area contributed by atoms with E-state index >= 15 is 0 Å². The molecule has 0 bridgehead atoms. The summed E-state index contributed by atoms with van der Waals surface area (Å²) in [6.07, 6.45) is 10.5. The molecular formula is C24H39N3O3. The van der Waals surface area contributed by atoms with Crippen LogP contribution in [0.3, 0.4) is 0 Å². The maximum atomic E-state index is 10.9. The van der Waals surface area contributed by atoms with Gasteiger partial charge in [-0.05, 0) is 37.1 Å². The molecule has 0 saturated heterocycles. The molecule has 1 aromatic rings. The van der Waals surface area contributed by atoms with Crippen LogP contribution in [-0.4, -0.2) is 48.4 Å². The van der Waals surface area contributed by atoms with Crippen molar-refractivity contribution in [3.8, 4) is 0 Å². The van der Waals surface area contributed by atoms with Gasteiger partial charge < -0.3 is 20.1 Å². The van der Waals surface area contributed by atoms with Crippen LogP contribution in [-0.2, 0) is 4.74 Å². The number of guanidine groups is 1. The number of unbranched alkanes of at least 4 members (excludes halogenated alkanes) is 6. The molecule has 0 amide bonds. The highest BCUT2D eigenvalue weighted by molar-refractivity contribution is 5.83. The summed E-state index contributed by atoms with van der Waals surface area (Å²) in [6, 6.07) is 7.07. The monoisotopic (exact) mass is 417 g/mol. The van der Waals surface area contributed by atoms with Crippen LogP contribution in [0.25, 0.3) is 0 Å². The van der Waals surface area contributed by atoms with Gasteiger partial charge in [-0.3, -0.25) is 4.79 Å². The Morgan fingerprint density at radius 1 is 1.10 bits per heavy atom. The van der Waals surface area contributed by atoms with E-state index in [1.807, 2.05) is 0 Å². The maximum Gasteiger partial charge on any atom is 0.238 e. The predicted molar refractivity (Wildman–Crippen MR) is 124 cm³/mol. The Morgan fingerprint density at radius 3 is 2.20 bits per heavy atom. The zero-order valence-electron chi connectivity index (χ0n) is 18.7. The minimum atomic E-state index is -1.18. The van der Waals surface area contributed by atoms with Gasteiger partial charge in [0.15, 0.2) is 0 Å².